The maximum atomic E-state index is 11.9. The molecular weight excluding hydrogens is 355 g/mol. The first-order valence-electron chi connectivity index (χ1n) is 5.41. The van der Waals surface area contributed by atoms with Gasteiger partial charge < -0.3 is 9.73 Å². The normalized spacial score (nSPS) is 10.8. The van der Waals surface area contributed by atoms with E-state index in [-0.39, 0.29) is 5.57 Å². The monoisotopic (exact) mass is 364 g/mol. The Balaban J connectivity index is 2.14. The number of hydrogen-bond acceptors (Lipinski definition) is 3. The highest BCUT2D eigenvalue weighted by Gasteiger charge is 2.10. The number of carbonyl (C=O) groups excluding carboxylic acids is 1. The standard InChI is InChI=1S/C14H9IN2O2/c15-11-3-5-12(6-4-11)17-14(18)10(9-16)8-13-2-1-7-19-13/h1-8H,(H,17,18)/b10-8+. The van der Waals surface area contributed by atoms with Gasteiger partial charge >= 0.3 is 0 Å². The van der Waals surface area contributed by atoms with Gasteiger partial charge in [-0.15, -0.1) is 0 Å². The lowest BCUT2D eigenvalue weighted by molar-refractivity contribution is -0.112. The summed E-state index contributed by atoms with van der Waals surface area (Å²) in [4.78, 5) is 11.9. The first-order chi connectivity index (χ1) is 9.19. The summed E-state index contributed by atoms with van der Waals surface area (Å²) in [5.74, 6) is 0.00872. The van der Waals surface area contributed by atoms with Gasteiger partial charge in [0.1, 0.15) is 17.4 Å². The number of furan rings is 1. The second kappa shape index (κ2) is 6.20. The molecule has 0 spiro atoms. The Morgan fingerprint density at radius 2 is 2.05 bits per heavy atom. The highest BCUT2D eigenvalue weighted by molar-refractivity contribution is 14.1. The minimum Gasteiger partial charge on any atom is -0.465 e. The molecule has 94 valence electrons. The zero-order chi connectivity index (χ0) is 13.7. The van der Waals surface area contributed by atoms with Crippen molar-refractivity contribution in [3.05, 3.63) is 57.6 Å². The van der Waals surface area contributed by atoms with Crippen LogP contribution < -0.4 is 5.32 Å². The molecule has 0 aliphatic rings. The molecule has 1 aromatic carbocycles. The SMILES string of the molecule is N#C/C(=C\c1ccco1)C(=O)Nc1ccc(I)cc1. The number of nitriles is 1. The van der Waals surface area contributed by atoms with Gasteiger partial charge in [0.15, 0.2) is 0 Å². The Bertz CT molecular complexity index is 637. The molecule has 0 aliphatic heterocycles. The van der Waals surface area contributed by atoms with Crippen molar-refractivity contribution in [1.82, 2.24) is 0 Å². The number of hydrogen-bond donors (Lipinski definition) is 1. The summed E-state index contributed by atoms with van der Waals surface area (Å²) in [6, 6.07) is 12.5. The average molecular weight is 364 g/mol. The molecule has 1 aromatic heterocycles. The van der Waals surface area contributed by atoms with Crippen molar-refractivity contribution >= 4 is 40.3 Å². The number of nitrogens with zero attached hydrogens (tertiary/aromatic N) is 1. The van der Waals surface area contributed by atoms with Crippen LogP contribution in [0.1, 0.15) is 5.76 Å². The van der Waals surface area contributed by atoms with Crippen LogP contribution >= 0.6 is 22.6 Å². The topological polar surface area (TPSA) is 66.0 Å². The fourth-order valence-corrected chi connectivity index (χ4v) is 1.76. The van der Waals surface area contributed by atoms with E-state index >= 15 is 0 Å². The number of halogens is 1. The highest BCUT2D eigenvalue weighted by atomic mass is 127. The average Bonchev–Trinajstić information content (AvgIpc) is 2.91. The minimum atomic E-state index is -0.458. The zero-order valence-electron chi connectivity index (χ0n) is 9.76. The summed E-state index contributed by atoms with van der Waals surface area (Å²) >= 11 is 2.18. The molecule has 0 radical (unpaired) electrons. The Morgan fingerprint density at radius 3 is 2.63 bits per heavy atom. The molecule has 1 heterocycles. The fraction of sp³-hybridized carbons (Fsp3) is 0. The van der Waals surface area contributed by atoms with Gasteiger partial charge in [0.25, 0.3) is 5.91 Å². The van der Waals surface area contributed by atoms with E-state index in [1.165, 1.54) is 12.3 Å². The lowest BCUT2D eigenvalue weighted by Crippen LogP contribution is -2.13. The third-order valence-electron chi connectivity index (χ3n) is 2.30. The number of benzene rings is 1. The lowest BCUT2D eigenvalue weighted by atomic mass is 10.2. The molecule has 5 heteroatoms. The van der Waals surface area contributed by atoms with E-state index < -0.39 is 5.91 Å². The molecule has 19 heavy (non-hydrogen) atoms. The summed E-state index contributed by atoms with van der Waals surface area (Å²) in [6.45, 7) is 0. The van der Waals surface area contributed by atoms with E-state index in [1.807, 2.05) is 18.2 Å². The number of anilines is 1. The largest absolute Gasteiger partial charge is 0.465 e. The van der Waals surface area contributed by atoms with E-state index in [0.29, 0.717) is 11.4 Å². The van der Waals surface area contributed by atoms with Crippen LogP contribution in [-0.2, 0) is 4.79 Å². The van der Waals surface area contributed by atoms with E-state index in [0.717, 1.165) is 3.57 Å². The van der Waals surface area contributed by atoms with E-state index in [2.05, 4.69) is 27.9 Å². The molecule has 2 rings (SSSR count). The molecule has 0 unspecified atom stereocenters. The van der Waals surface area contributed by atoms with Crippen LogP contribution in [0.15, 0.2) is 52.7 Å². The zero-order valence-corrected chi connectivity index (χ0v) is 11.9. The predicted molar refractivity (Wildman–Crippen MR) is 80.1 cm³/mol. The molecule has 0 saturated heterocycles. The fourth-order valence-electron chi connectivity index (χ4n) is 1.40. The van der Waals surface area contributed by atoms with Gasteiger partial charge in [0.2, 0.25) is 0 Å². The van der Waals surface area contributed by atoms with Crippen LogP contribution in [0.3, 0.4) is 0 Å². The van der Waals surface area contributed by atoms with Gasteiger partial charge in [0.05, 0.1) is 6.26 Å². The Kier molecular flexibility index (Phi) is 4.36. The second-order valence-electron chi connectivity index (χ2n) is 3.65. The van der Waals surface area contributed by atoms with Crippen LogP contribution in [-0.4, -0.2) is 5.91 Å². The molecule has 0 fully saturated rings. The van der Waals surface area contributed by atoms with Crippen LogP contribution in [0.2, 0.25) is 0 Å². The molecular formula is C14H9IN2O2. The van der Waals surface area contributed by atoms with Gasteiger partial charge in [-0.25, -0.2) is 0 Å². The van der Waals surface area contributed by atoms with E-state index in [4.69, 9.17) is 9.68 Å². The lowest BCUT2D eigenvalue weighted by Gasteiger charge is -2.03. The van der Waals surface area contributed by atoms with Gasteiger partial charge in [-0.2, -0.15) is 5.26 Å². The van der Waals surface area contributed by atoms with Crippen LogP contribution in [0.4, 0.5) is 5.69 Å². The van der Waals surface area contributed by atoms with Gasteiger partial charge in [0, 0.05) is 15.3 Å². The van der Waals surface area contributed by atoms with E-state index in [9.17, 15) is 4.79 Å². The Labute approximate surface area is 123 Å². The molecule has 1 amide bonds. The van der Waals surface area contributed by atoms with Crippen molar-refractivity contribution in [2.75, 3.05) is 5.32 Å². The number of nitrogens with one attached hydrogen (secondary N) is 1. The molecule has 0 saturated carbocycles. The van der Waals surface area contributed by atoms with Crippen LogP contribution in [0, 0.1) is 14.9 Å². The summed E-state index contributed by atoms with van der Waals surface area (Å²) in [5, 5.41) is 11.7. The highest BCUT2D eigenvalue weighted by Crippen LogP contribution is 2.13. The predicted octanol–water partition coefficient (Wildman–Crippen LogP) is 3.43. The van der Waals surface area contributed by atoms with Crippen molar-refractivity contribution in [3.8, 4) is 6.07 Å². The number of rotatable bonds is 3. The third-order valence-corrected chi connectivity index (χ3v) is 3.02. The van der Waals surface area contributed by atoms with Crippen molar-refractivity contribution in [2.45, 2.75) is 0 Å². The molecule has 0 bridgehead atoms. The molecule has 4 nitrogen and oxygen atoms in total. The number of amides is 1. The van der Waals surface area contributed by atoms with Gasteiger partial charge in [-0.1, -0.05) is 0 Å². The quantitative estimate of drug-likeness (QED) is 0.516. The van der Waals surface area contributed by atoms with Crippen molar-refractivity contribution < 1.29 is 9.21 Å². The van der Waals surface area contributed by atoms with Crippen molar-refractivity contribution in [2.24, 2.45) is 0 Å². The first-order valence-corrected chi connectivity index (χ1v) is 6.49. The first kappa shape index (κ1) is 13.4. The van der Waals surface area contributed by atoms with Crippen LogP contribution in [0.5, 0.6) is 0 Å². The summed E-state index contributed by atoms with van der Waals surface area (Å²) < 4.78 is 6.14. The van der Waals surface area contributed by atoms with Crippen molar-refractivity contribution in [1.29, 1.82) is 5.26 Å². The minimum absolute atomic E-state index is 0.00602. The summed E-state index contributed by atoms with van der Waals surface area (Å²) in [6.07, 6.45) is 2.89. The number of carbonyl (C=O) groups is 1. The Hall–Kier alpha value is -2.07. The van der Waals surface area contributed by atoms with Gasteiger partial charge in [-0.05, 0) is 59.0 Å². The smallest absolute Gasteiger partial charge is 0.266 e. The second-order valence-corrected chi connectivity index (χ2v) is 4.89. The van der Waals surface area contributed by atoms with Crippen LogP contribution in [0.25, 0.3) is 6.08 Å². The van der Waals surface area contributed by atoms with Crippen molar-refractivity contribution in [3.63, 3.8) is 0 Å². The molecule has 0 atom stereocenters. The molecule has 1 N–H and O–H groups in total. The maximum absolute atomic E-state index is 11.9. The maximum Gasteiger partial charge on any atom is 0.266 e. The van der Waals surface area contributed by atoms with Gasteiger partial charge in [-0.3, -0.25) is 4.79 Å². The summed E-state index contributed by atoms with van der Waals surface area (Å²) in [7, 11) is 0. The summed E-state index contributed by atoms with van der Waals surface area (Å²) in [5.41, 5.74) is 0.638. The Morgan fingerprint density at radius 1 is 1.32 bits per heavy atom. The molecule has 2 aromatic rings. The molecule has 0 aliphatic carbocycles. The van der Waals surface area contributed by atoms with E-state index in [1.54, 1.807) is 24.3 Å². The third kappa shape index (κ3) is 3.69.